The highest BCUT2D eigenvalue weighted by molar-refractivity contribution is 5.55. The van der Waals surface area contributed by atoms with Crippen LogP contribution in [0.4, 0.5) is 5.69 Å². The molecule has 6 heteroatoms. The zero-order chi connectivity index (χ0) is 13.2. The quantitative estimate of drug-likeness (QED) is 0.914. The van der Waals surface area contributed by atoms with Crippen molar-refractivity contribution in [3.8, 4) is 11.5 Å². The van der Waals surface area contributed by atoms with Gasteiger partial charge >= 0.3 is 0 Å². The summed E-state index contributed by atoms with van der Waals surface area (Å²) in [6.45, 7) is 4.91. The zero-order valence-corrected chi connectivity index (χ0v) is 10.8. The van der Waals surface area contributed by atoms with Crippen LogP contribution < -0.4 is 14.8 Å². The summed E-state index contributed by atoms with van der Waals surface area (Å²) in [5.41, 5.74) is 0.924. The lowest BCUT2D eigenvalue weighted by Crippen LogP contribution is -2.15. The molecule has 0 radical (unpaired) electrons. The number of rotatable bonds is 3. The highest BCUT2D eigenvalue weighted by Gasteiger charge is 2.15. The molecule has 3 rings (SSSR count). The van der Waals surface area contributed by atoms with Crippen LogP contribution in [0.5, 0.6) is 11.5 Å². The fourth-order valence-corrected chi connectivity index (χ4v) is 1.93. The molecule has 0 unspecified atom stereocenters. The number of nitrogens with one attached hydrogen (secondary N) is 1. The Labute approximate surface area is 110 Å². The van der Waals surface area contributed by atoms with Crippen molar-refractivity contribution in [3.63, 3.8) is 0 Å². The third-order valence-corrected chi connectivity index (χ3v) is 2.84. The maximum absolute atomic E-state index is 5.54. The predicted molar refractivity (Wildman–Crippen MR) is 68.5 cm³/mol. The van der Waals surface area contributed by atoms with E-state index in [4.69, 9.17) is 13.9 Å². The monoisotopic (exact) mass is 261 g/mol. The van der Waals surface area contributed by atoms with Crippen molar-refractivity contribution in [2.45, 2.75) is 19.9 Å². The normalized spacial score (nSPS) is 15.1. The van der Waals surface area contributed by atoms with Gasteiger partial charge < -0.3 is 19.2 Å². The van der Waals surface area contributed by atoms with E-state index in [0.29, 0.717) is 25.0 Å². The first-order valence-corrected chi connectivity index (χ1v) is 6.18. The minimum absolute atomic E-state index is 0.0660. The summed E-state index contributed by atoms with van der Waals surface area (Å²) < 4.78 is 16.4. The number of fused-ring (bicyclic) bond motifs is 1. The van der Waals surface area contributed by atoms with Gasteiger partial charge in [0.1, 0.15) is 19.3 Å². The number of aryl methyl sites for hydroxylation is 1. The molecule has 1 aliphatic heterocycles. The Balaban J connectivity index is 1.76. The molecule has 0 aliphatic carbocycles. The minimum Gasteiger partial charge on any atom is -0.486 e. The van der Waals surface area contributed by atoms with Crippen molar-refractivity contribution in [2.75, 3.05) is 18.5 Å². The molecule has 2 aromatic rings. The zero-order valence-electron chi connectivity index (χ0n) is 10.8. The molecule has 0 spiro atoms. The van der Waals surface area contributed by atoms with Crippen molar-refractivity contribution >= 4 is 5.69 Å². The third kappa shape index (κ3) is 2.47. The summed E-state index contributed by atoms with van der Waals surface area (Å²) in [6.07, 6.45) is 0. The van der Waals surface area contributed by atoms with Crippen LogP contribution >= 0.6 is 0 Å². The van der Waals surface area contributed by atoms with Gasteiger partial charge in [-0.1, -0.05) is 0 Å². The largest absolute Gasteiger partial charge is 0.486 e. The molecule has 0 bridgehead atoms. The van der Waals surface area contributed by atoms with E-state index in [9.17, 15) is 0 Å². The van der Waals surface area contributed by atoms with Crippen molar-refractivity contribution in [2.24, 2.45) is 0 Å². The van der Waals surface area contributed by atoms with Crippen molar-refractivity contribution in [1.82, 2.24) is 10.2 Å². The Kier molecular flexibility index (Phi) is 2.98. The van der Waals surface area contributed by atoms with Gasteiger partial charge in [0.15, 0.2) is 11.5 Å². The number of ether oxygens (including phenoxy) is 2. The number of benzene rings is 1. The van der Waals surface area contributed by atoms with Crippen molar-refractivity contribution in [3.05, 3.63) is 30.0 Å². The molecule has 0 amide bonds. The summed E-state index contributed by atoms with van der Waals surface area (Å²) in [5.74, 6) is 2.65. The van der Waals surface area contributed by atoms with Crippen molar-refractivity contribution in [1.29, 1.82) is 0 Å². The fourth-order valence-electron chi connectivity index (χ4n) is 1.93. The summed E-state index contributed by atoms with van der Waals surface area (Å²) in [7, 11) is 0. The maximum Gasteiger partial charge on any atom is 0.238 e. The summed E-state index contributed by atoms with van der Waals surface area (Å²) >= 11 is 0. The Bertz CT molecular complexity index is 582. The fraction of sp³-hybridized carbons (Fsp3) is 0.385. The van der Waals surface area contributed by atoms with E-state index >= 15 is 0 Å². The summed E-state index contributed by atoms with van der Waals surface area (Å²) in [6, 6.07) is 5.67. The summed E-state index contributed by atoms with van der Waals surface area (Å²) in [5, 5.41) is 11.1. The highest BCUT2D eigenvalue weighted by atomic mass is 16.6. The van der Waals surface area contributed by atoms with E-state index < -0.39 is 0 Å². The second-order valence-corrected chi connectivity index (χ2v) is 4.38. The second-order valence-electron chi connectivity index (χ2n) is 4.38. The standard InChI is InChI=1S/C13H15N3O3/c1-8(13-16-15-9(2)19-13)14-10-3-4-11-12(7-10)18-6-5-17-11/h3-4,7-8,14H,5-6H2,1-2H3/t8-/m1/s1. The molecule has 0 saturated carbocycles. The first-order valence-electron chi connectivity index (χ1n) is 6.18. The van der Waals surface area contributed by atoms with E-state index in [1.54, 1.807) is 6.92 Å². The van der Waals surface area contributed by atoms with Gasteiger partial charge in [-0.05, 0) is 19.1 Å². The molecule has 0 saturated heterocycles. The average Bonchev–Trinajstić information content (AvgIpc) is 2.85. The second kappa shape index (κ2) is 4.79. The van der Waals surface area contributed by atoms with Crippen LogP contribution in [-0.4, -0.2) is 23.4 Å². The Morgan fingerprint density at radius 3 is 2.68 bits per heavy atom. The lowest BCUT2D eigenvalue weighted by atomic mass is 10.2. The van der Waals surface area contributed by atoms with Gasteiger partial charge in [0.2, 0.25) is 11.8 Å². The number of hydrogen-bond donors (Lipinski definition) is 1. The summed E-state index contributed by atoms with van der Waals surface area (Å²) in [4.78, 5) is 0. The van der Waals surface area contributed by atoms with Gasteiger partial charge in [-0.15, -0.1) is 10.2 Å². The molecular formula is C13H15N3O3. The van der Waals surface area contributed by atoms with Crippen LogP contribution in [0.1, 0.15) is 24.7 Å². The van der Waals surface area contributed by atoms with Crippen LogP contribution in [0, 0.1) is 6.92 Å². The van der Waals surface area contributed by atoms with Gasteiger partial charge in [0.25, 0.3) is 0 Å². The predicted octanol–water partition coefficient (Wildman–Crippen LogP) is 2.32. The van der Waals surface area contributed by atoms with Gasteiger partial charge in [-0.3, -0.25) is 0 Å². The molecule has 1 aromatic heterocycles. The molecule has 1 aliphatic rings. The molecule has 6 nitrogen and oxygen atoms in total. The van der Waals surface area contributed by atoms with E-state index in [1.807, 2.05) is 25.1 Å². The molecule has 100 valence electrons. The molecule has 19 heavy (non-hydrogen) atoms. The van der Waals surface area contributed by atoms with Crippen LogP contribution in [0.3, 0.4) is 0 Å². The Hall–Kier alpha value is -2.24. The molecule has 2 heterocycles. The van der Waals surface area contributed by atoms with Crippen molar-refractivity contribution < 1.29 is 13.9 Å². The molecular weight excluding hydrogens is 246 g/mol. The van der Waals surface area contributed by atoms with Gasteiger partial charge in [-0.25, -0.2) is 0 Å². The smallest absolute Gasteiger partial charge is 0.238 e. The SMILES string of the molecule is Cc1nnc([C@@H](C)Nc2ccc3c(c2)OCCO3)o1. The lowest BCUT2D eigenvalue weighted by Gasteiger charge is -2.20. The van der Waals surface area contributed by atoms with Crippen LogP contribution in [-0.2, 0) is 0 Å². The Morgan fingerprint density at radius 1 is 1.16 bits per heavy atom. The lowest BCUT2D eigenvalue weighted by molar-refractivity contribution is 0.171. The molecule has 1 N–H and O–H groups in total. The topological polar surface area (TPSA) is 69.4 Å². The molecule has 1 atom stereocenters. The van der Waals surface area contributed by atoms with Crippen LogP contribution in [0.15, 0.2) is 22.6 Å². The maximum atomic E-state index is 5.54. The van der Waals surface area contributed by atoms with Crippen LogP contribution in [0.2, 0.25) is 0 Å². The average molecular weight is 261 g/mol. The van der Waals surface area contributed by atoms with Gasteiger partial charge in [0.05, 0.1) is 0 Å². The number of anilines is 1. The van der Waals surface area contributed by atoms with Gasteiger partial charge in [-0.2, -0.15) is 0 Å². The third-order valence-electron chi connectivity index (χ3n) is 2.84. The number of nitrogens with zero attached hydrogens (tertiary/aromatic N) is 2. The van der Waals surface area contributed by atoms with Gasteiger partial charge in [0, 0.05) is 18.7 Å². The molecule has 0 fully saturated rings. The van der Waals surface area contributed by atoms with E-state index in [2.05, 4.69) is 15.5 Å². The van der Waals surface area contributed by atoms with Crippen LogP contribution in [0.25, 0.3) is 0 Å². The first kappa shape index (κ1) is 11.8. The van der Waals surface area contributed by atoms with E-state index in [-0.39, 0.29) is 6.04 Å². The Morgan fingerprint density at radius 2 is 1.95 bits per heavy atom. The number of hydrogen-bond acceptors (Lipinski definition) is 6. The van der Waals surface area contributed by atoms with E-state index in [1.165, 1.54) is 0 Å². The highest BCUT2D eigenvalue weighted by Crippen LogP contribution is 2.33. The number of aromatic nitrogens is 2. The minimum atomic E-state index is -0.0660. The molecule has 1 aromatic carbocycles. The first-order chi connectivity index (χ1) is 9.22. The van der Waals surface area contributed by atoms with E-state index in [0.717, 1.165) is 17.2 Å².